The number of urea groups is 1. The Morgan fingerprint density at radius 3 is 2.48 bits per heavy atom. The van der Waals surface area contributed by atoms with Gasteiger partial charge in [-0.05, 0) is 29.8 Å². The number of benzene rings is 2. The molecule has 120 valence electrons. The van der Waals surface area contributed by atoms with E-state index in [4.69, 9.17) is 4.74 Å². The monoisotopic (exact) mass is 312 g/mol. The maximum Gasteiger partial charge on any atom is 0.317 e. The predicted molar refractivity (Wildman–Crippen MR) is 88.6 cm³/mol. The number of carbonyl (C=O) groups is 2. The first kappa shape index (κ1) is 16.5. The number of nitrogens with zero attached hydrogens (tertiary/aromatic N) is 1. The lowest BCUT2D eigenvalue weighted by Gasteiger charge is -2.18. The summed E-state index contributed by atoms with van der Waals surface area (Å²) in [5.74, 6) is 0.675. The molecule has 23 heavy (non-hydrogen) atoms. The first-order valence-corrected chi connectivity index (χ1v) is 7.40. The highest BCUT2D eigenvalue weighted by atomic mass is 16.5. The van der Waals surface area contributed by atoms with Gasteiger partial charge in [-0.15, -0.1) is 0 Å². The smallest absolute Gasteiger partial charge is 0.317 e. The summed E-state index contributed by atoms with van der Waals surface area (Å²) in [5.41, 5.74) is 1.66. The Balaban J connectivity index is 1.69. The zero-order chi connectivity index (χ0) is 16.5. The molecule has 2 aromatic carbocycles. The van der Waals surface area contributed by atoms with Gasteiger partial charge in [0.15, 0.2) is 0 Å². The molecule has 0 aromatic heterocycles. The lowest BCUT2D eigenvalue weighted by atomic mass is 10.2. The molecule has 0 unspecified atom stereocenters. The Bertz CT molecular complexity index is 626. The highest BCUT2D eigenvalue weighted by Crippen LogP contribution is 2.10. The molecule has 0 radical (unpaired) electrons. The van der Waals surface area contributed by atoms with Crippen molar-refractivity contribution in [2.75, 3.05) is 20.2 Å². The van der Waals surface area contributed by atoms with Gasteiger partial charge in [0.05, 0.1) is 6.54 Å². The highest BCUT2D eigenvalue weighted by molar-refractivity contribution is 5.75. The number of hydrogen-bond donors (Lipinski definition) is 1. The molecule has 0 spiro atoms. The van der Waals surface area contributed by atoms with Crippen LogP contribution in [0.25, 0.3) is 0 Å². The summed E-state index contributed by atoms with van der Waals surface area (Å²) in [4.78, 5) is 24.1. The van der Waals surface area contributed by atoms with E-state index in [2.05, 4.69) is 5.32 Å². The van der Waals surface area contributed by atoms with Crippen molar-refractivity contribution in [2.45, 2.75) is 6.54 Å². The Labute approximate surface area is 135 Å². The van der Waals surface area contributed by atoms with Crippen molar-refractivity contribution in [3.8, 4) is 5.75 Å². The van der Waals surface area contributed by atoms with Gasteiger partial charge in [-0.1, -0.05) is 30.3 Å². The number of amides is 2. The van der Waals surface area contributed by atoms with E-state index in [1.165, 1.54) is 0 Å². The summed E-state index contributed by atoms with van der Waals surface area (Å²) in [6, 6.07) is 16.5. The van der Waals surface area contributed by atoms with Crippen molar-refractivity contribution >= 4 is 12.3 Å². The van der Waals surface area contributed by atoms with Crippen molar-refractivity contribution in [1.82, 2.24) is 10.2 Å². The molecule has 2 rings (SSSR count). The molecule has 5 heteroatoms. The summed E-state index contributed by atoms with van der Waals surface area (Å²) >= 11 is 0. The molecule has 0 fully saturated rings. The van der Waals surface area contributed by atoms with Crippen molar-refractivity contribution in [3.63, 3.8) is 0 Å². The van der Waals surface area contributed by atoms with Crippen LogP contribution in [0.1, 0.15) is 15.9 Å². The molecule has 0 heterocycles. The Morgan fingerprint density at radius 2 is 1.83 bits per heavy atom. The van der Waals surface area contributed by atoms with Crippen LogP contribution >= 0.6 is 0 Å². The quantitative estimate of drug-likeness (QED) is 0.800. The fraction of sp³-hybridized carbons (Fsp3) is 0.222. The zero-order valence-electron chi connectivity index (χ0n) is 13.1. The maximum atomic E-state index is 12.0. The van der Waals surface area contributed by atoms with E-state index in [0.717, 1.165) is 11.8 Å². The third-order valence-corrected chi connectivity index (χ3v) is 3.34. The van der Waals surface area contributed by atoms with E-state index in [1.54, 1.807) is 36.2 Å². The maximum absolute atomic E-state index is 12.0. The summed E-state index contributed by atoms with van der Waals surface area (Å²) in [6.45, 7) is 1.35. The molecule has 0 atom stereocenters. The fourth-order valence-corrected chi connectivity index (χ4v) is 1.95. The topological polar surface area (TPSA) is 58.6 Å². The first-order chi connectivity index (χ1) is 11.2. The number of ether oxygens (including phenoxy) is 1. The van der Waals surface area contributed by atoms with E-state index < -0.39 is 0 Å². The van der Waals surface area contributed by atoms with Crippen LogP contribution in [0.15, 0.2) is 54.6 Å². The average Bonchev–Trinajstić information content (AvgIpc) is 2.61. The Morgan fingerprint density at radius 1 is 1.13 bits per heavy atom. The van der Waals surface area contributed by atoms with Gasteiger partial charge in [0, 0.05) is 19.2 Å². The van der Waals surface area contributed by atoms with Gasteiger partial charge in [0.2, 0.25) is 0 Å². The zero-order valence-corrected chi connectivity index (χ0v) is 13.1. The number of likely N-dealkylation sites (N-methyl/N-ethyl adjacent to an activating group) is 1. The predicted octanol–water partition coefficient (Wildman–Crippen LogP) is 2.72. The van der Waals surface area contributed by atoms with Crippen LogP contribution in [-0.4, -0.2) is 37.4 Å². The average molecular weight is 312 g/mol. The van der Waals surface area contributed by atoms with Gasteiger partial charge < -0.3 is 15.0 Å². The number of rotatable bonds is 7. The minimum Gasteiger partial charge on any atom is -0.492 e. The van der Waals surface area contributed by atoms with E-state index in [0.29, 0.717) is 31.0 Å². The van der Waals surface area contributed by atoms with Crippen LogP contribution in [-0.2, 0) is 6.54 Å². The number of hydrogen-bond acceptors (Lipinski definition) is 3. The standard InChI is InChI=1S/C18H20N2O3/c1-20(18(22)19-13-15-5-3-2-4-6-15)11-12-23-17-9-7-16(14-21)8-10-17/h2-10,14H,11-13H2,1H3,(H,19,22). The molecule has 0 aliphatic rings. The molecule has 2 aromatic rings. The molecule has 5 nitrogen and oxygen atoms in total. The Kier molecular flexibility index (Phi) is 6.17. The lowest BCUT2D eigenvalue weighted by molar-refractivity contribution is 0.112. The van der Waals surface area contributed by atoms with E-state index in [-0.39, 0.29) is 6.03 Å². The summed E-state index contributed by atoms with van der Waals surface area (Å²) < 4.78 is 5.55. The van der Waals surface area contributed by atoms with Gasteiger partial charge >= 0.3 is 6.03 Å². The van der Waals surface area contributed by atoms with E-state index >= 15 is 0 Å². The van der Waals surface area contributed by atoms with E-state index in [1.807, 2.05) is 30.3 Å². The summed E-state index contributed by atoms with van der Waals surface area (Å²) in [7, 11) is 1.72. The number of carbonyl (C=O) groups excluding carboxylic acids is 2. The van der Waals surface area contributed by atoms with Gasteiger partial charge in [0.1, 0.15) is 18.6 Å². The summed E-state index contributed by atoms with van der Waals surface area (Å²) in [6.07, 6.45) is 0.786. The van der Waals surface area contributed by atoms with Crippen LogP contribution in [0.3, 0.4) is 0 Å². The van der Waals surface area contributed by atoms with Crippen molar-refractivity contribution in [1.29, 1.82) is 0 Å². The van der Waals surface area contributed by atoms with E-state index in [9.17, 15) is 9.59 Å². The minimum atomic E-state index is -0.145. The van der Waals surface area contributed by atoms with Gasteiger partial charge in [0.25, 0.3) is 0 Å². The van der Waals surface area contributed by atoms with Crippen LogP contribution in [0.5, 0.6) is 5.75 Å². The van der Waals surface area contributed by atoms with Crippen LogP contribution in [0.4, 0.5) is 4.79 Å². The van der Waals surface area contributed by atoms with Crippen LogP contribution in [0.2, 0.25) is 0 Å². The summed E-state index contributed by atoms with van der Waals surface area (Å²) in [5, 5.41) is 2.86. The van der Waals surface area contributed by atoms with Crippen LogP contribution < -0.4 is 10.1 Å². The second-order valence-corrected chi connectivity index (χ2v) is 5.10. The van der Waals surface area contributed by atoms with Crippen molar-refractivity contribution in [3.05, 3.63) is 65.7 Å². The highest BCUT2D eigenvalue weighted by Gasteiger charge is 2.07. The molecule has 0 bridgehead atoms. The normalized spacial score (nSPS) is 9.96. The molecule has 0 saturated heterocycles. The van der Waals surface area contributed by atoms with Gasteiger partial charge in [-0.3, -0.25) is 4.79 Å². The fourth-order valence-electron chi connectivity index (χ4n) is 1.95. The van der Waals surface area contributed by atoms with Crippen molar-refractivity contribution < 1.29 is 14.3 Å². The molecule has 2 amide bonds. The third-order valence-electron chi connectivity index (χ3n) is 3.34. The Hall–Kier alpha value is -2.82. The SMILES string of the molecule is CN(CCOc1ccc(C=O)cc1)C(=O)NCc1ccccc1. The second kappa shape index (κ2) is 8.58. The largest absolute Gasteiger partial charge is 0.492 e. The lowest BCUT2D eigenvalue weighted by Crippen LogP contribution is -2.39. The molecular weight excluding hydrogens is 292 g/mol. The number of nitrogens with one attached hydrogen (secondary N) is 1. The molecular formula is C18H20N2O3. The van der Waals surface area contributed by atoms with Crippen molar-refractivity contribution in [2.24, 2.45) is 0 Å². The van der Waals surface area contributed by atoms with Gasteiger partial charge in [-0.2, -0.15) is 0 Å². The second-order valence-electron chi connectivity index (χ2n) is 5.10. The third kappa shape index (κ3) is 5.47. The first-order valence-electron chi connectivity index (χ1n) is 7.40. The number of aldehydes is 1. The van der Waals surface area contributed by atoms with Crippen LogP contribution in [0, 0.1) is 0 Å². The molecule has 1 N–H and O–H groups in total. The minimum absolute atomic E-state index is 0.145. The molecule has 0 aliphatic carbocycles. The van der Waals surface area contributed by atoms with Gasteiger partial charge in [-0.25, -0.2) is 4.79 Å². The molecule has 0 saturated carbocycles. The molecule has 0 aliphatic heterocycles.